The average Bonchev–Trinajstić information content (AvgIpc) is 2.26. The van der Waals surface area contributed by atoms with Crippen molar-refractivity contribution < 1.29 is 29.7 Å². The molecule has 0 aliphatic rings. The first-order chi connectivity index (χ1) is 8.90. The fourth-order valence-corrected chi connectivity index (χ4v) is 1.68. The van der Waals surface area contributed by atoms with Crippen LogP contribution in [0.4, 0.5) is 5.69 Å². The molecule has 19 heavy (non-hydrogen) atoms. The Morgan fingerprint density at radius 1 is 0.895 bits per heavy atom. The minimum atomic E-state index is -1.19. The molecule has 0 saturated carbocycles. The summed E-state index contributed by atoms with van der Waals surface area (Å²) >= 11 is 0. The summed E-state index contributed by atoms with van der Waals surface area (Å²) in [6.07, 6.45) is -0.300. The molecule has 0 bridgehead atoms. The molecule has 0 spiro atoms. The molecule has 0 heterocycles. The number of hydrogen-bond acceptors (Lipinski definition) is 4. The standard InChI is InChI=1S/C12H13NO6/c14-10(15)5-8-3-1-2-4-9(8)13(6-11(16)17)7-12(18)19/h1-4H,5-7H2,(H,14,15)(H,16,17)(H,18,19). The Morgan fingerprint density at radius 2 is 1.42 bits per heavy atom. The summed E-state index contributed by atoms with van der Waals surface area (Å²) < 4.78 is 0. The van der Waals surface area contributed by atoms with Crippen LogP contribution < -0.4 is 4.90 Å². The van der Waals surface area contributed by atoms with Crippen LogP contribution in [0.25, 0.3) is 0 Å². The van der Waals surface area contributed by atoms with Crippen molar-refractivity contribution in [1.29, 1.82) is 0 Å². The summed E-state index contributed by atoms with van der Waals surface area (Å²) in [5.41, 5.74) is 0.673. The Kier molecular flexibility index (Phi) is 4.87. The third-order valence-electron chi connectivity index (χ3n) is 2.33. The van der Waals surface area contributed by atoms with Crippen LogP contribution in [0.15, 0.2) is 24.3 Å². The van der Waals surface area contributed by atoms with Gasteiger partial charge in [-0.2, -0.15) is 0 Å². The zero-order chi connectivity index (χ0) is 14.4. The van der Waals surface area contributed by atoms with E-state index in [-0.39, 0.29) is 6.42 Å². The summed E-state index contributed by atoms with van der Waals surface area (Å²) in [6, 6.07) is 6.24. The Hall–Kier alpha value is -2.57. The van der Waals surface area contributed by atoms with Crippen molar-refractivity contribution in [2.75, 3.05) is 18.0 Å². The Labute approximate surface area is 108 Å². The first-order valence-corrected chi connectivity index (χ1v) is 5.38. The molecule has 102 valence electrons. The number of hydrogen-bond donors (Lipinski definition) is 3. The lowest BCUT2D eigenvalue weighted by Gasteiger charge is -2.23. The molecule has 0 saturated heterocycles. The first kappa shape index (κ1) is 14.5. The second-order valence-electron chi connectivity index (χ2n) is 3.84. The third kappa shape index (κ3) is 4.66. The lowest BCUT2D eigenvalue weighted by molar-refractivity contribution is -0.137. The minimum absolute atomic E-state index is 0.300. The smallest absolute Gasteiger partial charge is 0.323 e. The Bertz CT molecular complexity index is 483. The third-order valence-corrected chi connectivity index (χ3v) is 2.33. The van der Waals surface area contributed by atoms with Crippen molar-refractivity contribution in [1.82, 2.24) is 0 Å². The molecule has 0 unspecified atom stereocenters. The molecule has 3 N–H and O–H groups in total. The number of para-hydroxylation sites is 1. The molecule has 0 fully saturated rings. The fraction of sp³-hybridized carbons (Fsp3) is 0.250. The van der Waals surface area contributed by atoms with Crippen LogP contribution in [0, 0.1) is 0 Å². The van der Waals surface area contributed by atoms with Gasteiger partial charge in [0, 0.05) is 5.69 Å². The number of carboxylic acids is 3. The molecular weight excluding hydrogens is 254 g/mol. The summed E-state index contributed by atoms with van der Waals surface area (Å²) in [5.74, 6) is -3.45. The highest BCUT2D eigenvalue weighted by atomic mass is 16.4. The average molecular weight is 267 g/mol. The lowest BCUT2D eigenvalue weighted by atomic mass is 10.1. The van der Waals surface area contributed by atoms with Gasteiger partial charge < -0.3 is 20.2 Å². The predicted molar refractivity (Wildman–Crippen MR) is 65.3 cm³/mol. The van der Waals surface area contributed by atoms with Crippen LogP contribution in [0.5, 0.6) is 0 Å². The van der Waals surface area contributed by atoms with E-state index in [0.29, 0.717) is 11.3 Å². The van der Waals surface area contributed by atoms with E-state index in [1.54, 1.807) is 12.1 Å². The molecule has 0 amide bonds. The van der Waals surface area contributed by atoms with Crippen molar-refractivity contribution in [3.05, 3.63) is 29.8 Å². The van der Waals surface area contributed by atoms with Crippen LogP contribution in [-0.4, -0.2) is 46.3 Å². The van der Waals surface area contributed by atoms with Gasteiger partial charge in [-0.1, -0.05) is 18.2 Å². The fourth-order valence-electron chi connectivity index (χ4n) is 1.68. The van der Waals surface area contributed by atoms with Gasteiger partial charge in [-0.05, 0) is 11.6 Å². The Morgan fingerprint density at radius 3 is 1.89 bits per heavy atom. The van der Waals surface area contributed by atoms with Crippen molar-refractivity contribution in [2.24, 2.45) is 0 Å². The van der Waals surface area contributed by atoms with Crippen LogP contribution in [0.1, 0.15) is 5.56 Å². The summed E-state index contributed by atoms with van der Waals surface area (Å²) in [4.78, 5) is 33.3. The topological polar surface area (TPSA) is 115 Å². The molecular formula is C12H13NO6. The number of carbonyl (C=O) groups is 3. The minimum Gasteiger partial charge on any atom is -0.481 e. The summed E-state index contributed by atoms with van der Waals surface area (Å²) in [6.45, 7) is -1.02. The number of rotatable bonds is 7. The molecule has 1 aromatic carbocycles. The lowest BCUT2D eigenvalue weighted by Crippen LogP contribution is -2.35. The van der Waals surface area contributed by atoms with Crippen molar-refractivity contribution >= 4 is 23.6 Å². The number of aliphatic carboxylic acids is 3. The molecule has 1 aromatic rings. The second kappa shape index (κ2) is 6.39. The number of benzene rings is 1. The van der Waals surface area contributed by atoms with Crippen LogP contribution in [0.3, 0.4) is 0 Å². The van der Waals surface area contributed by atoms with E-state index in [1.165, 1.54) is 12.1 Å². The normalized spacial score (nSPS) is 9.89. The molecule has 7 nitrogen and oxygen atoms in total. The monoisotopic (exact) mass is 267 g/mol. The quantitative estimate of drug-likeness (QED) is 0.650. The molecule has 0 aliphatic heterocycles. The van der Waals surface area contributed by atoms with Gasteiger partial charge in [-0.3, -0.25) is 14.4 Å². The van der Waals surface area contributed by atoms with E-state index < -0.39 is 31.0 Å². The van der Waals surface area contributed by atoms with Gasteiger partial charge in [-0.25, -0.2) is 0 Å². The van der Waals surface area contributed by atoms with Crippen LogP contribution in [0.2, 0.25) is 0 Å². The van der Waals surface area contributed by atoms with E-state index >= 15 is 0 Å². The summed E-state index contributed by atoms with van der Waals surface area (Å²) in [7, 11) is 0. The highest BCUT2D eigenvalue weighted by Crippen LogP contribution is 2.20. The van der Waals surface area contributed by atoms with Gasteiger partial charge in [0.15, 0.2) is 0 Å². The predicted octanol–water partition coefficient (Wildman–Crippen LogP) is 0.289. The number of anilines is 1. The number of nitrogens with zero attached hydrogens (tertiary/aromatic N) is 1. The van der Waals surface area contributed by atoms with Gasteiger partial charge in [0.05, 0.1) is 6.42 Å². The zero-order valence-electron chi connectivity index (χ0n) is 9.94. The molecule has 0 atom stereocenters. The summed E-state index contributed by atoms with van der Waals surface area (Å²) in [5, 5.41) is 26.3. The van der Waals surface area contributed by atoms with Gasteiger partial charge >= 0.3 is 17.9 Å². The van der Waals surface area contributed by atoms with Crippen molar-refractivity contribution in [3.8, 4) is 0 Å². The maximum Gasteiger partial charge on any atom is 0.323 e. The molecule has 0 aromatic heterocycles. The van der Waals surface area contributed by atoms with Crippen LogP contribution in [-0.2, 0) is 20.8 Å². The van der Waals surface area contributed by atoms with E-state index in [1.807, 2.05) is 0 Å². The van der Waals surface area contributed by atoms with E-state index in [9.17, 15) is 14.4 Å². The first-order valence-electron chi connectivity index (χ1n) is 5.38. The van der Waals surface area contributed by atoms with E-state index in [0.717, 1.165) is 4.90 Å². The Balaban J connectivity index is 3.09. The van der Waals surface area contributed by atoms with Crippen molar-refractivity contribution in [3.63, 3.8) is 0 Å². The highest BCUT2D eigenvalue weighted by molar-refractivity contribution is 5.81. The largest absolute Gasteiger partial charge is 0.481 e. The zero-order valence-corrected chi connectivity index (χ0v) is 9.94. The van der Waals surface area contributed by atoms with Gasteiger partial charge in [-0.15, -0.1) is 0 Å². The second-order valence-corrected chi connectivity index (χ2v) is 3.84. The molecule has 0 radical (unpaired) electrons. The van der Waals surface area contributed by atoms with E-state index in [4.69, 9.17) is 15.3 Å². The molecule has 7 heteroatoms. The van der Waals surface area contributed by atoms with Crippen LogP contribution >= 0.6 is 0 Å². The van der Waals surface area contributed by atoms with Gasteiger partial charge in [0.25, 0.3) is 0 Å². The maximum atomic E-state index is 10.7. The maximum absolute atomic E-state index is 10.7. The van der Waals surface area contributed by atoms with Gasteiger partial charge in [0.2, 0.25) is 0 Å². The van der Waals surface area contributed by atoms with Crippen molar-refractivity contribution in [2.45, 2.75) is 6.42 Å². The van der Waals surface area contributed by atoms with Gasteiger partial charge in [0.1, 0.15) is 13.1 Å². The SMILES string of the molecule is O=C(O)Cc1ccccc1N(CC(=O)O)CC(=O)O. The molecule has 0 aliphatic carbocycles. The number of carboxylic acid groups (broad SMARTS) is 3. The molecule has 1 rings (SSSR count). The van der Waals surface area contributed by atoms with E-state index in [2.05, 4.69) is 0 Å². The highest BCUT2D eigenvalue weighted by Gasteiger charge is 2.18.